The van der Waals surface area contributed by atoms with Gasteiger partial charge in [-0.3, -0.25) is 0 Å². The van der Waals surface area contributed by atoms with Gasteiger partial charge >= 0.3 is 6.61 Å². The SMILES string of the molecule is FC(F)Oc1c(Br)ccc(Br)c1CBr. The van der Waals surface area contributed by atoms with E-state index in [-0.39, 0.29) is 5.75 Å². The molecule has 0 heterocycles. The third-order valence-corrected chi connectivity index (χ3v) is 3.42. The second-order valence-electron chi connectivity index (χ2n) is 2.35. The van der Waals surface area contributed by atoms with E-state index in [1.165, 1.54) is 0 Å². The number of benzene rings is 1. The van der Waals surface area contributed by atoms with Crippen molar-refractivity contribution in [3.8, 4) is 5.75 Å². The monoisotopic (exact) mass is 392 g/mol. The van der Waals surface area contributed by atoms with Crippen LogP contribution in [0.1, 0.15) is 5.56 Å². The van der Waals surface area contributed by atoms with Gasteiger partial charge in [0.05, 0.1) is 4.47 Å². The van der Waals surface area contributed by atoms with E-state index in [2.05, 4.69) is 52.5 Å². The Labute approximate surface area is 105 Å². The van der Waals surface area contributed by atoms with Crippen LogP contribution in [0.15, 0.2) is 21.1 Å². The van der Waals surface area contributed by atoms with Crippen LogP contribution < -0.4 is 4.74 Å². The fourth-order valence-corrected chi connectivity index (χ4v) is 2.77. The topological polar surface area (TPSA) is 9.23 Å². The third-order valence-electron chi connectivity index (χ3n) is 1.50. The average Bonchev–Trinajstić information content (AvgIpc) is 2.11. The molecule has 0 atom stereocenters. The summed E-state index contributed by atoms with van der Waals surface area (Å²) in [5, 5.41) is 0.440. The van der Waals surface area contributed by atoms with Crippen LogP contribution >= 0.6 is 47.8 Å². The zero-order valence-electron chi connectivity index (χ0n) is 6.74. The standard InChI is InChI=1S/C8H5Br3F2O/c9-3-4-5(10)1-2-6(11)7(4)14-8(12)13/h1-2,8H,3H2. The summed E-state index contributed by atoms with van der Waals surface area (Å²) < 4.78 is 29.8. The predicted octanol–water partition coefficient (Wildman–Crippen LogP) is 4.71. The molecule has 0 aliphatic carbocycles. The lowest BCUT2D eigenvalue weighted by Gasteiger charge is -2.12. The normalized spacial score (nSPS) is 10.7. The lowest BCUT2D eigenvalue weighted by molar-refractivity contribution is -0.0508. The maximum atomic E-state index is 12.1. The summed E-state index contributed by atoms with van der Waals surface area (Å²) in [6, 6.07) is 3.41. The summed E-state index contributed by atoms with van der Waals surface area (Å²) in [4.78, 5) is 0. The maximum Gasteiger partial charge on any atom is 0.387 e. The first kappa shape index (κ1) is 12.4. The maximum absolute atomic E-state index is 12.1. The highest BCUT2D eigenvalue weighted by Gasteiger charge is 2.15. The molecule has 0 aliphatic rings. The molecule has 1 nitrogen and oxygen atoms in total. The summed E-state index contributed by atoms with van der Waals surface area (Å²) in [6.07, 6.45) is 0. The summed E-state index contributed by atoms with van der Waals surface area (Å²) in [6.45, 7) is -2.82. The van der Waals surface area contributed by atoms with Crippen molar-refractivity contribution in [2.45, 2.75) is 11.9 Å². The predicted molar refractivity (Wildman–Crippen MR) is 61.1 cm³/mol. The highest BCUT2D eigenvalue weighted by Crippen LogP contribution is 2.36. The lowest BCUT2D eigenvalue weighted by atomic mass is 10.2. The first-order chi connectivity index (χ1) is 6.56. The molecule has 0 saturated heterocycles. The Balaban J connectivity index is 3.16. The van der Waals surface area contributed by atoms with E-state index in [1.54, 1.807) is 12.1 Å². The number of hydrogen-bond acceptors (Lipinski definition) is 1. The molecule has 0 aliphatic heterocycles. The van der Waals surface area contributed by atoms with Crippen LogP contribution in [0, 0.1) is 0 Å². The second kappa shape index (κ2) is 5.42. The van der Waals surface area contributed by atoms with Crippen molar-refractivity contribution in [3.05, 3.63) is 26.6 Å². The number of ether oxygens (including phenoxy) is 1. The second-order valence-corrected chi connectivity index (χ2v) is 4.62. The van der Waals surface area contributed by atoms with Gasteiger partial charge in [0.15, 0.2) is 0 Å². The zero-order valence-corrected chi connectivity index (χ0v) is 11.5. The largest absolute Gasteiger partial charge is 0.433 e. The Hall–Kier alpha value is 0.320. The fourth-order valence-electron chi connectivity index (χ4n) is 0.916. The highest BCUT2D eigenvalue weighted by atomic mass is 79.9. The molecule has 0 saturated carbocycles. The molecule has 0 fully saturated rings. The van der Waals surface area contributed by atoms with Gasteiger partial charge in [0.2, 0.25) is 0 Å². The molecule has 14 heavy (non-hydrogen) atoms. The zero-order chi connectivity index (χ0) is 10.7. The van der Waals surface area contributed by atoms with Gasteiger partial charge in [-0.15, -0.1) is 0 Å². The van der Waals surface area contributed by atoms with Gasteiger partial charge < -0.3 is 4.74 Å². The molecule has 1 aromatic carbocycles. The summed E-state index contributed by atoms with van der Waals surface area (Å²) in [5.74, 6) is 0.159. The van der Waals surface area contributed by atoms with Crippen LogP contribution in [0.3, 0.4) is 0 Å². The Bertz CT molecular complexity index is 331. The van der Waals surface area contributed by atoms with Crippen LogP contribution in [0.25, 0.3) is 0 Å². The van der Waals surface area contributed by atoms with Crippen LogP contribution in [0.4, 0.5) is 8.78 Å². The molecule has 6 heteroatoms. The Morgan fingerprint density at radius 2 is 1.79 bits per heavy atom. The van der Waals surface area contributed by atoms with Gasteiger partial charge in [-0.05, 0) is 28.1 Å². The van der Waals surface area contributed by atoms with Gasteiger partial charge in [-0.25, -0.2) is 0 Å². The number of halogens is 5. The molecule has 0 spiro atoms. The van der Waals surface area contributed by atoms with E-state index in [9.17, 15) is 8.78 Å². The summed E-state index contributed by atoms with van der Waals surface area (Å²) in [5.41, 5.74) is 0.652. The summed E-state index contributed by atoms with van der Waals surface area (Å²) >= 11 is 9.61. The Morgan fingerprint density at radius 3 is 2.29 bits per heavy atom. The van der Waals surface area contributed by atoms with Gasteiger partial charge in [0, 0.05) is 15.4 Å². The lowest BCUT2D eigenvalue weighted by Crippen LogP contribution is -2.05. The minimum absolute atomic E-state index is 0.159. The minimum Gasteiger partial charge on any atom is -0.433 e. The number of alkyl halides is 3. The van der Waals surface area contributed by atoms with E-state index >= 15 is 0 Å². The molecule has 78 valence electrons. The van der Waals surface area contributed by atoms with Gasteiger partial charge in [0.1, 0.15) is 5.75 Å². The van der Waals surface area contributed by atoms with Crippen molar-refractivity contribution in [1.82, 2.24) is 0 Å². The van der Waals surface area contributed by atoms with E-state index in [0.29, 0.717) is 15.4 Å². The van der Waals surface area contributed by atoms with Gasteiger partial charge in [0.25, 0.3) is 0 Å². The van der Waals surface area contributed by atoms with Gasteiger partial charge in [-0.1, -0.05) is 31.9 Å². The number of rotatable bonds is 3. The Morgan fingerprint density at radius 1 is 1.21 bits per heavy atom. The average molecular weight is 395 g/mol. The smallest absolute Gasteiger partial charge is 0.387 e. The van der Waals surface area contributed by atoms with E-state index in [4.69, 9.17) is 0 Å². The molecule has 0 amide bonds. The molecule has 1 aromatic rings. The fraction of sp³-hybridized carbons (Fsp3) is 0.250. The molecule has 0 unspecified atom stereocenters. The van der Waals surface area contributed by atoms with Crippen LogP contribution in [0.5, 0.6) is 5.75 Å². The molecular formula is C8H5Br3F2O. The van der Waals surface area contributed by atoms with E-state index in [1.807, 2.05) is 0 Å². The van der Waals surface area contributed by atoms with Gasteiger partial charge in [-0.2, -0.15) is 8.78 Å². The van der Waals surface area contributed by atoms with E-state index in [0.717, 1.165) is 4.47 Å². The molecule has 0 N–H and O–H groups in total. The minimum atomic E-state index is -2.82. The van der Waals surface area contributed by atoms with Crippen molar-refractivity contribution in [3.63, 3.8) is 0 Å². The molecule has 1 rings (SSSR count). The third kappa shape index (κ3) is 2.90. The van der Waals surface area contributed by atoms with Crippen molar-refractivity contribution in [1.29, 1.82) is 0 Å². The van der Waals surface area contributed by atoms with Crippen molar-refractivity contribution < 1.29 is 13.5 Å². The van der Waals surface area contributed by atoms with Crippen molar-refractivity contribution in [2.75, 3.05) is 0 Å². The molecular weight excluding hydrogens is 390 g/mol. The van der Waals surface area contributed by atoms with Crippen LogP contribution in [0.2, 0.25) is 0 Å². The molecule has 0 radical (unpaired) electrons. The van der Waals surface area contributed by atoms with Crippen LogP contribution in [-0.2, 0) is 5.33 Å². The van der Waals surface area contributed by atoms with E-state index < -0.39 is 6.61 Å². The molecule has 0 aromatic heterocycles. The van der Waals surface area contributed by atoms with Crippen molar-refractivity contribution in [2.24, 2.45) is 0 Å². The Kier molecular flexibility index (Phi) is 4.79. The molecule has 0 bridgehead atoms. The first-order valence-electron chi connectivity index (χ1n) is 3.54. The highest BCUT2D eigenvalue weighted by molar-refractivity contribution is 9.11. The first-order valence-corrected chi connectivity index (χ1v) is 6.24. The van der Waals surface area contributed by atoms with Crippen molar-refractivity contribution >= 4 is 47.8 Å². The van der Waals surface area contributed by atoms with Crippen LogP contribution in [-0.4, -0.2) is 6.61 Å². The quantitative estimate of drug-likeness (QED) is 0.675. The number of hydrogen-bond donors (Lipinski definition) is 0. The summed E-state index contributed by atoms with van der Waals surface area (Å²) in [7, 11) is 0.